The molecule has 2 amide bonds. The maximum absolute atomic E-state index is 12.4. The summed E-state index contributed by atoms with van der Waals surface area (Å²) in [6.45, 7) is -0.239. The van der Waals surface area contributed by atoms with Crippen LogP contribution in [0.2, 0.25) is 0 Å². The molecule has 2 aromatic rings. The molecule has 2 heterocycles. The second-order valence-corrected chi connectivity index (χ2v) is 6.72. The van der Waals surface area contributed by atoms with Crippen molar-refractivity contribution in [1.82, 2.24) is 9.88 Å². The summed E-state index contributed by atoms with van der Waals surface area (Å²) < 4.78 is 41.0. The molecule has 1 saturated heterocycles. The number of nitrogens with one attached hydrogen (secondary N) is 1. The lowest BCUT2D eigenvalue weighted by atomic mass is 10.1. The zero-order valence-electron chi connectivity index (χ0n) is 15.5. The third kappa shape index (κ3) is 6.20. The predicted octanol–water partition coefficient (Wildman–Crippen LogP) is 3.79. The molecule has 1 N–H and O–H groups in total. The molecule has 1 fully saturated rings. The molecular weight excluding hydrogens is 387 g/mol. The number of hydrogen-bond acceptors (Lipinski definition) is 4. The molecule has 0 spiro atoms. The van der Waals surface area contributed by atoms with Crippen LogP contribution in [0.3, 0.4) is 0 Å². The average molecular weight is 407 g/mol. The van der Waals surface area contributed by atoms with E-state index in [2.05, 4.69) is 15.0 Å². The van der Waals surface area contributed by atoms with E-state index in [1.165, 1.54) is 12.1 Å². The normalized spacial score (nSPS) is 14.6. The van der Waals surface area contributed by atoms with Gasteiger partial charge in [-0.05, 0) is 36.6 Å². The first-order valence-corrected chi connectivity index (χ1v) is 9.14. The van der Waals surface area contributed by atoms with Gasteiger partial charge in [-0.15, -0.1) is 0 Å². The van der Waals surface area contributed by atoms with Crippen LogP contribution in [0.1, 0.15) is 35.2 Å². The van der Waals surface area contributed by atoms with Crippen LogP contribution in [0, 0.1) is 0 Å². The van der Waals surface area contributed by atoms with Gasteiger partial charge in [-0.1, -0.05) is 12.1 Å². The van der Waals surface area contributed by atoms with Crippen molar-refractivity contribution in [3.8, 4) is 5.88 Å². The Balaban J connectivity index is 1.59. The average Bonchev–Trinajstić information content (AvgIpc) is 2.68. The zero-order valence-corrected chi connectivity index (χ0v) is 15.5. The van der Waals surface area contributed by atoms with Crippen LogP contribution in [-0.4, -0.2) is 41.0 Å². The Morgan fingerprint density at radius 2 is 2.03 bits per heavy atom. The molecule has 0 saturated carbocycles. The molecular formula is C20H20F3N3O3. The summed E-state index contributed by atoms with van der Waals surface area (Å²) in [6, 6.07) is 9.71. The highest BCUT2D eigenvalue weighted by molar-refractivity contribution is 6.04. The molecule has 9 heteroatoms. The lowest BCUT2D eigenvalue weighted by Crippen LogP contribution is -2.34. The summed E-state index contributed by atoms with van der Waals surface area (Å²) in [5.41, 5.74) is 1.63. The van der Waals surface area contributed by atoms with E-state index in [0.29, 0.717) is 18.7 Å². The van der Waals surface area contributed by atoms with Crippen LogP contribution in [0.5, 0.6) is 5.88 Å². The molecule has 1 aliphatic rings. The minimum atomic E-state index is -4.46. The number of alkyl halides is 3. The highest BCUT2D eigenvalue weighted by atomic mass is 19.4. The Labute approximate surface area is 165 Å². The van der Waals surface area contributed by atoms with Crippen molar-refractivity contribution in [2.45, 2.75) is 32.0 Å². The third-order valence-electron chi connectivity index (χ3n) is 4.36. The van der Waals surface area contributed by atoms with Gasteiger partial charge in [0, 0.05) is 37.5 Å². The molecule has 1 aromatic heterocycles. The third-order valence-corrected chi connectivity index (χ3v) is 4.36. The van der Waals surface area contributed by atoms with Crippen LogP contribution < -0.4 is 10.1 Å². The monoisotopic (exact) mass is 407 g/mol. The van der Waals surface area contributed by atoms with E-state index < -0.39 is 18.7 Å². The van der Waals surface area contributed by atoms with Crippen molar-refractivity contribution in [2.75, 3.05) is 18.5 Å². The smallest absolute Gasteiger partial charge is 0.422 e. The number of amides is 2. The van der Waals surface area contributed by atoms with Gasteiger partial charge in [-0.2, -0.15) is 13.2 Å². The molecule has 6 nitrogen and oxygen atoms in total. The summed E-state index contributed by atoms with van der Waals surface area (Å²) in [5, 5.41) is 2.72. The minimum absolute atomic E-state index is 0.129. The van der Waals surface area contributed by atoms with Gasteiger partial charge in [0.15, 0.2) is 6.61 Å². The second-order valence-electron chi connectivity index (χ2n) is 6.72. The number of piperidine rings is 1. The Kier molecular flexibility index (Phi) is 6.36. The molecule has 0 unspecified atom stereocenters. The number of rotatable bonds is 6. The van der Waals surface area contributed by atoms with E-state index in [-0.39, 0.29) is 17.4 Å². The fourth-order valence-electron chi connectivity index (χ4n) is 2.96. The van der Waals surface area contributed by atoms with Gasteiger partial charge in [0.25, 0.3) is 5.91 Å². The van der Waals surface area contributed by atoms with Crippen LogP contribution in [0.25, 0.3) is 0 Å². The molecule has 0 atom stereocenters. The van der Waals surface area contributed by atoms with Gasteiger partial charge >= 0.3 is 6.18 Å². The van der Waals surface area contributed by atoms with Crippen molar-refractivity contribution >= 4 is 17.5 Å². The van der Waals surface area contributed by atoms with E-state index >= 15 is 0 Å². The molecule has 0 aliphatic carbocycles. The second kappa shape index (κ2) is 8.93. The Bertz CT molecular complexity index is 869. The number of hydrogen-bond donors (Lipinski definition) is 1. The van der Waals surface area contributed by atoms with Crippen LogP contribution in [-0.2, 0) is 11.3 Å². The summed E-state index contributed by atoms with van der Waals surface area (Å²) in [4.78, 5) is 29.8. The first-order valence-electron chi connectivity index (χ1n) is 9.14. The molecule has 0 bridgehead atoms. The van der Waals surface area contributed by atoms with Crippen molar-refractivity contribution in [1.29, 1.82) is 0 Å². The number of carbonyl (C=O) groups is 2. The number of nitrogens with zero attached hydrogens (tertiary/aromatic N) is 2. The van der Waals surface area contributed by atoms with Gasteiger partial charge in [0.05, 0.1) is 5.56 Å². The summed E-state index contributed by atoms with van der Waals surface area (Å²) in [6.07, 6.45) is -0.845. The van der Waals surface area contributed by atoms with Gasteiger partial charge in [-0.25, -0.2) is 4.98 Å². The maximum atomic E-state index is 12.4. The van der Waals surface area contributed by atoms with Crippen molar-refractivity contribution < 1.29 is 27.5 Å². The molecule has 0 radical (unpaired) electrons. The SMILES string of the molecule is O=C(Nc1cccc(CN2CCCCC2=O)c1)c1ccc(OCC(F)(F)F)nc1. The number of ether oxygens (including phenoxy) is 1. The van der Waals surface area contributed by atoms with E-state index in [0.717, 1.165) is 31.1 Å². The topological polar surface area (TPSA) is 71.5 Å². The maximum Gasteiger partial charge on any atom is 0.422 e. The minimum Gasteiger partial charge on any atom is -0.468 e. The largest absolute Gasteiger partial charge is 0.468 e. The highest BCUT2D eigenvalue weighted by Gasteiger charge is 2.28. The number of aromatic nitrogens is 1. The van der Waals surface area contributed by atoms with Gasteiger partial charge < -0.3 is 15.0 Å². The Hall–Kier alpha value is -3.10. The fraction of sp³-hybridized carbons (Fsp3) is 0.350. The van der Waals surface area contributed by atoms with Crippen molar-refractivity contribution in [2.24, 2.45) is 0 Å². The summed E-state index contributed by atoms with van der Waals surface area (Å²) in [5.74, 6) is -0.539. The quantitative estimate of drug-likeness (QED) is 0.791. The van der Waals surface area contributed by atoms with E-state index in [4.69, 9.17) is 0 Å². The first kappa shape index (κ1) is 20.6. The molecule has 154 valence electrons. The predicted molar refractivity (Wildman–Crippen MR) is 99.5 cm³/mol. The lowest BCUT2D eigenvalue weighted by Gasteiger charge is -2.26. The van der Waals surface area contributed by atoms with Crippen molar-refractivity contribution in [3.05, 3.63) is 53.7 Å². The molecule has 1 aromatic carbocycles. The van der Waals surface area contributed by atoms with Gasteiger partial charge in [0.1, 0.15) is 0 Å². The fourth-order valence-corrected chi connectivity index (χ4v) is 2.96. The Morgan fingerprint density at radius 1 is 1.21 bits per heavy atom. The molecule has 29 heavy (non-hydrogen) atoms. The standard InChI is InChI=1S/C20H20F3N3O3/c21-20(22,23)13-29-17-8-7-15(11-24-17)19(28)25-16-5-3-4-14(10-16)12-26-9-2-1-6-18(26)27/h3-5,7-8,10-11H,1-2,6,9,12-13H2,(H,25,28). The number of halogens is 3. The number of anilines is 1. The van der Waals surface area contributed by atoms with Gasteiger partial charge in [-0.3, -0.25) is 9.59 Å². The number of benzene rings is 1. The number of likely N-dealkylation sites (tertiary alicyclic amines) is 1. The van der Waals surface area contributed by atoms with E-state index in [1.807, 2.05) is 6.07 Å². The first-order chi connectivity index (χ1) is 13.8. The molecule has 1 aliphatic heterocycles. The van der Waals surface area contributed by atoms with Gasteiger partial charge in [0.2, 0.25) is 11.8 Å². The number of carbonyl (C=O) groups excluding carboxylic acids is 2. The summed E-state index contributed by atoms with van der Waals surface area (Å²) >= 11 is 0. The Morgan fingerprint density at radius 3 is 2.72 bits per heavy atom. The van der Waals surface area contributed by atoms with Crippen molar-refractivity contribution in [3.63, 3.8) is 0 Å². The van der Waals surface area contributed by atoms with Crippen LogP contribution in [0.15, 0.2) is 42.6 Å². The van der Waals surface area contributed by atoms with E-state index in [1.54, 1.807) is 23.1 Å². The van der Waals surface area contributed by atoms with Crippen LogP contribution >= 0.6 is 0 Å². The zero-order chi connectivity index (χ0) is 20.9. The van der Waals surface area contributed by atoms with Crippen LogP contribution in [0.4, 0.5) is 18.9 Å². The highest BCUT2D eigenvalue weighted by Crippen LogP contribution is 2.19. The number of pyridine rings is 1. The lowest BCUT2D eigenvalue weighted by molar-refractivity contribution is -0.154. The van der Waals surface area contributed by atoms with E-state index in [9.17, 15) is 22.8 Å². The summed E-state index contributed by atoms with van der Waals surface area (Å²) in [7, 11) is 0. The molecule has 3 rings (SSSR count).